The van der Waals surface area contributed by atoms with Crippen LogP contribution < -0.4 is 14.8 Å². The molecule has 7 heteroatoms. The smallest absolute Gasteiger partial charge is 0.344 e. The molecule has 0 atom stereocenters. The zero-order valence-electron chi connectivity index (χ0n) is 16.2. The second kappa shape index (κ2) is 8.57. The van der Waals surface area contributed by atoms with Crippen molar-refractivity contribution >= 4 is 39.5 Å². The van der Waals surface area contributed by atoms with Gasteiger partial charge in [0.25, 0.3) is 5.91 Å². The molecule has 152 valence electrons. The first kappa shape index (κ1) is 19.3. The molecule has 0 aliphatic heterocycles. The van der Waals surface area contributed by atoms with E-state index in [9.17, 15) is 9.59 Å². The van der Waals surface area contributed by atoms with Gasteiger partial charge in [-0.2, -0.15) is 0 Å². The van der Waals surface area contributed by atoms with Crippen molar-refractivity contribution in [2.75, 3.05) is 25.6 Å². The summed E-state index contributed by atoms with van der Waals surface area (Å²) in [5.41, 5.74) is 2.10. The van der Waals surface area contributed by atoms with Crippen molar-refractivity contribution in [2.45, 2.75) is 0 Å². The third kappa shape index (κ3) is 4.35. The average molecular weight is 405 g/mol. The number of methoxy groups -OCH3 is 1. The molecule has 1 amide bonds. The summed E-state index contributed by atoms with van der Waals surface area (Å²) < 4.78 is 21.1. The summed E-state index contributed by atoms with van der Waals surface area (Å²) in [5.74, 6) is 0.0956. The molecule has 0 radical (unpaired) electrons. The molecule has 1 aromatic heterocycles. The van der Waals surface area contributed by atoms with Gasteiger partial charge >= 0.3 is 5.97 Å². The predicted octanol–water partition coefficient (Wildman–Crippen LogP) is 4.16. The van der Waals surface area contributed by atoms with Crippen molar-refractivity contribution in [1.82, 2.24) is 0 Å². The molecule has 3 aromatic carbocycles. The first-order chi connectivity index (χ1) is 14.6. The number of esters is 1. The third-order valence-electron chi connectivity index (χ3n) is 4.44. The minimum atomic E-state index is -0.641. The maximum absolute atomic E-state index is 12.1. The molecule has 1 N–H and O–H groups in total. The number of hydrogen-bond acceptors (Lipinski definition) is 6. The molecular weight excluding hydrogens is 386 g/mol. The number of fused-ring (bicyclic) bond motifs is 3. The van der Waals surface area contributed by atoms with Crippen LogP contribution in [0.25, 0.3) is 21.9 Å². The Kier molecular flexibility index (Phi) is 5.52. The van der Waals surface area contributed by atoms with Crippen LogP contribution in [0.15, 0.2) is 71.1 Å². The van der Waals surface area contributed by atoms with Gasteiger partial charge in [-0.05, 0) is 48.5 Å². The quantitative estimate of drug-likeness (QED) is 0.465. The lowest BCUT2D eigenvalue weighted by atomic mass is 10.1. The highest BCUT2D eigenvalue weighted by atomic mass is 16.6. The van der Waals surface area contributed by atoms with Crippen LogP contribution >= 0.6 is 0 Å². The number of amides is 1. The zero-order valence-corrected chi connectivity index (χ0v) is 16.2. The number of rotatable bonds is 7. The first-order valence-corrected chi connectivity index (χ1v) is 9.26. The molecule has 0 fully saturated rings. The lowest BCUT2D eigenvalue weighted by Gasteiger charge is -2.08. The summed E-state index contributed by atoms with van der Waals surface area (Å²) in [5, 5.41) is 4.58. The summed E-state index contributed by atoms with van der Waals surface area (Å²) in [6.45, 7) is -0.707. The molecule has 0 spiro atoms. The number of para-hydroxylation sites is 1. The molecule has 0 saturated heterocycles. The van der Waals surface area contributed by atoms with E-state index in [0.717, 1.165) is 21.9 Å². The number of anilines is 1. The second-order valence-electron chi connectivity index (χ2n) is 6.48. The van der Waals surface area contributed by atoms with Gasteiger partial charge in [0.05, 0.1) is 7.11 Å². The van der Waals surface area contributed by atoms with Gasteiger partial charge in [0, 0.05) is 16.5 Å². The first-order valence-electron chi connectivity index (χ1n) is 9.26. The largest absolute Gasteiger partial charge is 0.497 e. The molecular formula is C23H19NO6. The number of furan rings is 1. The van der Waals surface area contributed by atoms with E-state index in [1.807, 2.05) is 30.3 Å². The number of benzene rings is 3. The Morgan fingerprint density at radius 3 is 2.40 bits per heavy atom. The highest BCUT2D eigenvalue weighted by Gasteiger charge is 2.11. The molecule has 30 heavy (non-hydrogen) atoms. The highest BCUT2D eigenvalue weighted by Crippen LogP contribution is 2.30. The summed E-state index contributed by atoms with van der Waals surface area (Å²) in [7, 11) is 1.56. The second-order valence-corrected chi connectivity index (χ2v) is 6.48. The van der Waals surface area contributed by atoms with Crippen molar-refractivity contribution in [2.24, 2.45) is 0 Å². The van der Waals surface area contributed by atoms with Gasteiger partial charge in [0.2, 0.25) is 0 Å². The van der Waals surface area contributed by atoms with Gasteiger partial charge < -0.3 is 23.9 Å². The maximum atomic E-state index is 12.1. The van der Waals surface area contributed by atoms with Gasteiger partial charge in [0.1, 0.15) is 22.7 Å². The van der Waals surface area contributed by atoms with Crippen LogP contribution in [-0.4, -0.2) is 32.2 Å². The van der Waals surface area contributed by atoms with E-state index in [-0.39, 0.29) is 6.61 Å². The van der Waals surface area contributed by atoms with Crippen molar-refractivity contribution in [3.8, 4) is 11.5 Å². The number of carbonyl (C=O) groups is 2. The normalized spacial score (nSPS) is 10.7. The Hall–Kier alpha value is -4.00. The molecule has 7 nitrogen and oxygen atoms in total. The number of nitrogens with one attached hydrogen (secondary N) is 1. The fraction of sp³-hybridized carbons (Fsp3) is 0.130. The molecule has 0 aliphatic carbocycles. The number of carbonyl (C=O) groups excluding carboxylic acids is 2. The number of ether oxygens (including phenoxy) is 3. The predicted molar refractivity (Wildman–Crippen MR) is 112 cm³/mol. The van der Waals surface area contributed by atoms with E-state index in [4.69, 9.17) is 18.6 Å². The van der Waals surface area contributed by atoms with Crippen molar-refractivity contribution in [3.63, 3.8) is 0 Å². The van der Waals surface area contributed by atoms with Crippen molar-refractivity contribution in [3.05, 3.63) is 66.7 Å². The molecule has 0 bridgehead atoms. The Labute approximate surface area is 172 Å². The van der Waals surface area contributed by atoms with Gasteiger partial charge in [-0.3, -0.25) is 4.79 Å². The molecule has 4 rings (SSSR count). The fourth-order valence-electron chi connectivity index (χ4n) is 3.00. The molecule has 4 aromatic rings. The van der Waals surface area contributed by atoms with E-state index in [0.29, 0.717) is 17.2 Å². The van der Waals surface area contributed by atoms with Crippen LogP contribution in [0, 0.1) is 0 Å². The van der Waals surface area contributed by atoms with Crippen LogP contribution in [0.4, 0.5) is 5.69 Å². The standard InChI is InChI=1S/C23H19NO6/c1-27-16-7-9-17(10-8-16)28-14-23(26)29-13-22(25)24-15-6-11-21-19(12-15)18-4-2-3-5-20(18)30-21/h2-12H,13-14H2,1H3,(H,24,25). The lowest BCUT2D eigenvalue weighted by Crippen LogP contribution is -2.23. The summed E-state index contributed by atoms with van der Waals surface area (Å²) in [6, 6.07) is 19.8. The Bertz CT molecular complexity index is 1200. The average Bonchev–Trinajstić information content (AvgIpc) is 3.14. The van der Waals surface area contributed by atoms with Gasteiger partial charge in [0.15, 0.2) is 13.2 Å². The summed E-state index contributed by atoms with van der Waals surface area (Å²) in [4.78, 5) is 24.0. The molecule has 0 unspecified atom stereocenters. The van der Waals surface area contributed by atoms with Gasteiger partial charge in [-0.1, -0.05) is 18.2 Å². The zero-order chi connectivity index (χ0) is 20.9. The van der Waals surface area contributed by atoms with Crippen molar-refractivity contribution in [1.29, 1.82) is 0 Å². The van der Waals surface area contributed by atoms with E-state index >= 15 is 0 Å². The minimum Gasteiger partial charge on any atom is -0.497 e. The van der Waals surface area contributed by atoms with Crippen LogP contribution in [-0.2, 0) is 14.3 Å². The lowest BCUT2D eigenvalue weighted by molar-refractivity contribution is -0.149. The van der Waals surface area contributed by atoms with Gasteiger partial charge in [-0.25, -0.2) is 4.79 Å². The van der Waals surface area contributed by atoms with Crippen LogP contribution in [0.3, 0.4) is 0 Å². The summed E-state index contributed by atoms with van der Waals surface area (Å²) >= 11 is 0. The molecule has 0 aliphatic rings. The summed E-state index contributed by atoms with van der Waals surface area (Å²) in [6.07, 6.45) is 0. The number of hydrogen-bond donors (Lipinski definition) is 1. The molecule has 0 saturated carbocycles. The SMILES string of the molecule is COc1ccc(OCC(=O)OCC(=O)Nc2ccc3oc4ccccc4c3c2)cc1. The third-order valence-corrected chi connectivity index (χ3v) is 4.44. The topological polar surface area (TPSA) is 87.0 Å². The molecule has 1 heterocycles. The monoisotopic (exact) mass is 405 g/mol. The van der Waals surface area contributed by atoms with Crippen LogP contribution in [0.5, 0.6) is 11.5 Å². The van der Waals surface area contributed by atoms with Crippen LogP contribution in [0.1, 0.15) is 0 Å². The minimum absolute atomic E-state index is 0.299. The Morgan fingerprint density at radius 2 is 1.60 bits per heavy atom. The van der Waals surface area contributed by atoms with Crippen LogP contribution in [0.2, 0.25) is 0 Å². The van der Waals surface area contributed by atoms with E-state index < -0.39 is 18.5 Å². The maximum Gasteiger partial charge on any atom is 0.344 e. The Balaban J connectivity index is 1.29. The van der Waals surface area contributed by atoms with E-state index in [2.05, 4.69) is 5.32 Å². The van der Waals surface area contributed by atoms with Crippen molar-refractivity contribution < 1.29 is 28.2 Å². The van der Waals surface area contributed by atoms with E-state index in [1.165, 1.54) is 0 Å². The van der Waals surface area contributed by atoms with Gasteiger partial charge in [-0.15, -0.1) is 0 Å². The fourth-order valence-corrected chi connectivity index (χ4v) is 3.00. The Morgan fingerprint density at radius 1 is 0.867 bits per heavy atom. The highest BCUT2D eigenvalue weighted by molar-refractivity contribution is 6.07. The van der Waals surface area contributed by atoms with E-state index in [1.54, 1.807) is 43.5 Å².